The molecule has 1 aromatic heterocycles. The zero-order valence-electron chi connectivity index (χ0n) is 11.3. The Labute approximate surface area is 130 Å². The molecule has 20 heavy (non-hydrogen) atoms. The highest BCUT2D eigenvalue weighted by Crippen LogP contribution is 2.29. The Morgan fingerprint density at radius 2 is 2.25 bits per heavy atom. The summed E-state index contributed by atoms with van der Waals surface area (Å²) in [5, 5.41) is 11.0. The molecule has 1 aliphatic rings. The van der Waals surface area contributed by atoms with Gasteiger partial charge in [-0.25, -0.2) is 0 Å². The Morgan fingerprint density at radius 3 is 2.75 bits per heavy atom. The largest absolute Gasteiger partial charge is 0.481 e. The van der Waals surface area contributed by atoms with Crippen LogP contribution >= 0.6 is 27.3 Å². The van der Waals surface area contributed by atoms with Crippen LogP contribution in [0.15, 0.2) is 15.9 Å². The van der Waals surface area contributed by atoms with Crippen molar-refractivity contribution in [1.82, 2.24) is 4.90 Å². The molecule has 1 fully saturated rings. The molecule has 2 rings (SSSR count). The summed E-state index contributed by atoms with van der Waals surface area (Å²) in [6, 6.07) is 2.29. The van der Waals surface area contributed by atoms with E-state index in [0.29, 0.717) is 13.0 Å². The zero-order chi connectivity index (χ0) is 14.7. The second kappa shape index (κ2) is 6.72. The van der Waals surface area contributed by atoms with Crippen LogP contribution in [-0.4, -0.2) is 34.5 Å². The molecular weight excluding hydrogens is 342 g/mol. The van der Waals surface area contributed by atoms with E-state index in [0.717, 1.165) is 23.7 Å². The third kappa shape index (κ3) is 4.31. The molecule has 1 amide bonds. The van der Waals surface area contributed by atoms with Crippen LogP contribution in [0.3, 0.4) is 0 Å². The summed E-state index contributed by atoms with van der Waals surface area (Å²) in [7, 11) is 0. The SMILES string of the molecule is CC(CN(C(=O)CCc1cc(Br)cs1)C1CC1)C(=O)O. The molecule has 1 aliphatic carbocycles. The van der Waals surface area contributed by atoms with Gasteiger partial charge in [-0.1, -0.05) is 6.92 Å². The molecule has 1 heterocycles. The van der Waals surface area contributed by atoms with E-state index in [-0.39, 0.29) is 11.9 Å². The maximum Gasteiger partial charge on any atom is 0.308 e. The predicted octanol–water partition coefficient (Wildman–Crippen LogP) is 3.15. The minimum atomic E-state index is -0.842. The molecule has 0 bridgehead atoms. The van der Waals surface area contributed by atoms with Crippen LogP contribution in [0, 0.1) is 5.92 Å². The summed E-state index contributed by atoms with van der Waals surface area (Å²) in [5.41, 5.74) is 0. The monoisotopic (exact) mass is 359 g/mol. The highest BCUT2D eigenvalue weighted by Gasteiger charge is 2.34. The average molecular weight is 360 g/mol. The molecule has 4 nitrogen and oxygen atoms in total. The van der Waals surface area contributed by atoms with E-state index in [4.69, 9.17) is 5.11 Å². The van der Waals surface area contributed by atoms with E-state index in [9.17, 15) is 9.59 Å². The summed E-state index contributed by atoms with van der Waals surface area (Å²) in [5.74, 6) is -1.27. The van der Waals surface area contributed by atoms with Crippen LogP contribution < -0.4 is 0 Å². The number of carboxylic acids is 1. The van der Waals surface area contributed by atoms with E-state index in [1.165, 1.54) is 4.88 Å². The lowest BCUT2D eigenvalue weighted by Crippen LogP contribution is -2.38. The van der Waals surface area contributed by atoms with Crippen LogP contribution in [-0.2, 0) is 16.0 Å². The summed E-state index contributed by atoms with van der Waals surface area (Å²) in [6.07, 6.45) is 3.18. The van der Waals surface area contributed by atoms with Gasteiger partial charge in [-0.05, 0) is 41.3 Å². The van der Waals surface area contributed by atoms with Crippen LogP contribution in [0.25, 0.3) is 0 Å². The van der Waals surface area contributed by atoms with Gasteiger partial charge in [-0.3, -0.25) is 9.59 Å². The summed E-state index contributed by atoms with van der Waals surface area (Å²) in [6.45, 7) is 1.98. The van der Waals surface area contributed by atoms with Gasteiger partial charge in [0, 0.05) is 33.7 Å². The Hall–Kier alpha value is -0.880. The number of rotatable bonds is 7. The molecule has 0 radical (unpaired) electrons. The summed E-state index contributed by atoms with van der Waals surface area (Å²) >= 11 is 5.03. The van der Waals surface area contributed by atoms with Crippen molar-refractivity contribution in [3.8, 4) is 0 Å². The van der Waals surface area contributed by atoms with Crippen LogP contribution in [0.2, 0.25) is 0 Å². The van der Waals surface area contributed by atoms with Gasteiger partial charge in [0.25, 0.3) is 0 Å². The van der Waals surface area contributed by atoms with Gasteiger partial charge in [-0.15, -0.1) is 11.3 Å². The van der Waals surface area contributed by atoms with E-state index >= 15 is 0 Å². The zero-order valence-corrected chi connectivity index (χ0v) is 13.7. The van der Waals surface area contributed by atoms with Crippen LogP contribution in [0.5, 0.6) is 0 Å². The maximum atomic E-state index is 12.3. The third-order valence-corrected chi connectivity index (χ3v) is 5.16. The fraction of sp³-hybridized carbons (Fsp3) is 0.571. The number of aryl methyl sites for hydroxylation is 1. The first-order valence-electron chi connectivity index (χ1n) is 6.72. The number of carboxylic acid groups (broad SMARTS) is 1. The molecular formula is C14H18BrNO3S. The average Bonchev–Trinajstić information content (AvgIpc) is 3.15. The second-order valence-corrected chi connectivity index (χ2v) is 7.16. The molecule has 1 aromatic rings. The van der Waals surface area contributed by atoms with E-state index in [2.05, 4.69) is 15.9 Å². The molecule has 1 atom stereocenters. The van der Waals surface area contributed by atoms with E-state index in [1.54, 1.807) is 23.2 Å². The highest BCUT2D eigenvalue weighted by atomic mass is 79.9. The van der Waals surface area contributed by atoms with Gasteiger partial charge < -0.3 is 10.0 Å². The van der Waals surface area contributed by atoms with Crippen LogP contribution in [0.1, 0.15) is 31.1 Å². The van der Waals surface area contributed by atoms with Crippen molar-refractivity contribution in [3.63, 3.8) is 0 Å². The predicted molar refractivity (Wildman–Crippen MR) is 81.9 cm³/mol. The molecule has 1 N–H and O–H groups in total. The van der Waals surface area contributed by atoms with E-state index in [1.807, 2.05) is 11.4 Å². The van der Waals surface area contributed by atoms with Gasteiger partial charge in [0.2, 0.25) is 5.91 Å². The smallest absolute Gasteiger partial charge is 0.308 e. The van der Waals surface area contributed by atoms with Crippen LogP contribution in [0.4, 0.5) is 0 Å². The number of hydrogen-bond donors (Lipinski definition) is 1. The standard InChI is InChI=1S/C14H18BrNO3S/c1-9(14(18)19)7-16(11-2-3-11)13(17)5-4-12-6-10(15)8-20-12/h6,8-9,11H,2-5,7H2,1H3,(H,18,19). The van der Waals surface area contributed by atoms with Gasteiger partial charge in [0.1, 0.15) is 0 Å². The van der Waals surface area contributed by atoms with Crippen molar-refractivity contribution >= 4 is 39.1 Å². The maximum absolute atomic E-state index is 12.3. The first-order chi connectivity index (χ1) is 9.47. The summed E-state index contributed by atoms with van der Waals surface area (Å²) < 4.78 is 1.04. The number of amides is 1. The van der Waals surface area contributed by atoms with E-state index < -0.39 is 11.9 Å². The number of carbonyl (C=O) groups excluding carboxylic acids is 1. The number of carbonyl (C=O) groups is 2. The number of thiophene rings is 1. The molecule has 1 saturated carbocycles. The third-order valence-electron chi connectivity index (χ3n) is 3.41. The quantitative estimate of drug-likeness (QED) is 0.813. The number of aliphatic carboxylic acids is 1. The molecule has 0 aliphatic heterocycles. The normalized spacial score (nSPS) is 15.9. The number of halogens is 1. The lowest BCUT2D eigenvalue weighted by molar-refractivity contribution is -0.143. The van der Waals surface area contributed by atoms with Crippen molar-refractivity contribution in [2.45, 2.75) is 38.6 Å². The Morgan fingerprint density at radius 1 is 1.55 bits per heavy atom. The first kappa shape index (κ1) is 15.5. The van der Waals surface area contributed by atoms with Gasteiger partial charge in [-0.2, -0.15) is 0 Å². The lowest BCUT2D eigenvalue weighted by atomic mass is 10.1. The fourth-order valence-corrected chi connectivity index (χ4v) is 3.53. The van der Waals surface area contributed by atoms with Crippen molar-refractivity contribution < 1.29 is 14.7 Å². The van der Waals surface area contributed by atoms with Crippen molar-refractivity contribution in [1.29, 1.82) is 0 Å². The Kier molecular flexibility index (Phi) is 5.21. The first-order valence-corrected chi connectivity index (χ1v) is 8.40. The second-order valence-electron chi connectivity index (χ2n) is 5.25. The lowest BCUT2D eigenvalue weighted by Gasteiger charge is -2.24. The fourth-order valence-electron chi connectivity index (χ4n) is 2.07. The van der Waals surface area contributed by atoms with Gasteiger partial charge >= 0.3 is 5.97 Å². The topological polar surface area (TPSA) is 57.6 Å². The van der Waals surface area contributed by atoms with Crippen molar-refractivity contribution in [3.05, 3.63) is 20.8 Å². The number of nitrogens with zero attached hydrogens (tertiary/aromatic N) is 1. The summed E-state index contributed by atoms with van der Waals surface area (Å²) in [4.78, 5) is 26.2. The molecule has 0 aromatic carbocycles. The minimum Gasteiger partial charge on any atom is -0.481 e. The molecule has 6 heteroatoms. The molecule has 110 valence electrons. The Balaban J connectivity index is 1.88. The molecule has 1 unspecified atom stereocenters. The van der Waals surface area contributed by atoms with Crippen molar-refractivity contribution in [2.75, 3.05) is 6.54 Å². The Bertz CT molecular complexity index is 498. The van der Waals surface area contributed by atoms with Crippen molar-refractivity contribution in [2.24, 2.45) is 5.92 Å². The minimum absolute atomic E-state index is 0.0742. The van der Waals surface area contributed by atoms with Gasteiger partial charge in [0.15, 0.2) is 0 Å². The molecule has 0 saturated heterocycles. The van der Waals surface area contributed by atoms with Gasteiger partial charge in [0.05, 0.1) is 5.92 Å². The highest BCUT2D eigenvalue weighted by molar-refractivity contribution is 9.10. The number of hydrogen-bond acceptors (Lipinski definition) is 3. The molecule has 0 spiro atoms.